The van der Waals surface area contributed by atoms with Gasteiger partial charge in [-0.1, -0.05) is 0 Å². The van der Waals surface area contributed by atoms with Crippen molar-refractivity contribution >= 4 is 5.69 Å². The molecule has 0 N–H and O–H groups in total. The molecular weight excluding hydrogens is 172 g/mol. The summed E-state index contributed by atoms with van der Waals surface area (Å²) in [4.78, 5) is 13.1. The first-order valence-electron chi connectivity index (χ1n) is 3.13. The van der Waals surface area contributed by atoms with Crippen LogP contribution in [0.4, 0.5) is 5.69 Å². The molecule has 0 fully saturated rings. The molecule has 6 heteroatoms. The summed E-state index contributed by atoms with van der Waals surface area (Å²) < 4.78 is 0. The van der Waals surface area contributed by atoms with Gasteiger partial charge in [0.1, 0.15) is 12.1 Å². The number of rotatable bonds is 1. The zero-order chi connectivity index (χ0) is 9.84. The van der Waals surface area contributed by atoms with Crippen LogP contribution in [0.15, 0.2) is 12.3 Å². The Morgan fingerprint density at radius 1 is 1.46 bits per heavy atom. The summed E-state index contributed by atoms with van der Waals surface area (Å²) in [5.41, 5.74) is -0.670. The summed E-state index contributed by atoms with van der Waals surface area (Å²) in [5, 5.41) is 27.2. The van der Waals surface area contributed by atoms with Crippen molar-refractivity contribution in [3.63, 3.8) is 0 Å². The van der Waals surface area contributed by atoms with Gasteiger partial charge in [0.15, 0.2) is 0 Å². The molecule has 0 aliphatic rings. The SMILES string of the molecule is N#Cc1cnc(C#N)c([N+](=O)[O-])c1. The lowest BCUT2D eigenvalue weighted by atomic mass is 10.2. The molecule has 0 aromatic carbocycles. The Hall–Kier alpha value is -2.47. The minimum Gasteiger partial charge on any atom is -0.258 e. The molecule has 0 spiro atoms. The molecule has 0 amide bonds. The van der Waals surface area contributed by atoms with Gasteiger partial charge in [0.25, 0.3) is 0 Å². The summed E-state index contributed by atoms with van der Waals surface area (Å²) >= 11 is 0. The third kappa shape index (κ3) is 1.57. The second kappa shape index (κ2) is 3.28. The van der Waals surface area contributed by atoms with Crippen molar-refractivity contribution < 1.29 is 4.92 Å². The zero-order valence-corrected chi connectivity index (χ0v) is 6.26. The number of hydrogen-bond donors (Lipinski definition) is 0. The van der Waals surface area contributed by atoms with Crippen LogP contribution in [0.1, 0.15) is 11.3 Å². The van der Waals surface area contributed by atoms with E-state index in [4.69, 9.17) is 10.5 Å². The molecule has 0 aliphatic heterocycles. The molecule has 0 bridgehead atoms. The molecule has 0 saturated heterocycles. The molecule has 0 aliphatic carbocycles. The van der Waals surface area contributed by atoms with Crippen LogP contribution in [-0.2, 0) is 0 Å². The van der Waals surface area contributed by atoms with E-state index in [1.54, 1.807) is 12.1 Å². The van der Waals surface area contributed by atoms with Crippen LogP contribution in [0.2, 0.25) is 0 Å². The number of nitriles is 2. The van der Waals surface area contributed by atoms with Crippen molar-refractivity contribution in [3.8, 4) is 12.1 Å². The Morgan fingerprint density at radius 2 is 2.15 bits per heavy atom. The fourth-order valence-corrected chi connectivity index (χ4v) is 0.740. The van der Waals surface area contributed by atoms with Gasteiger partial charge in [-0.3, -0.25) is 10.1 Å². The van der Waals surface area contributed by atoms with Gasteiger partial charge in [0, 0.05) is 12.3 Å². The first kappa shape index (κ1) is 8.62. The van der Waals surface area contributed by atoms with E-state index in [2.05, 4.69) is 4.98 Å². The highest BCUT2D eigenvalue weighted by atomic mass is 16.6. The number of hydrogen-bond acceptors (Lipinski definition) is 5. The zero-order valence-electron chi connectivity index (χ0n) is 6.26. The fraction of sp³-hybridized carbons (Fsp3) is 0. The van der Waals surface area contributed by atoms with E-state index in [0.29, 0.717) is 0 Å². The highest BCUT2D eigenvalue weighted by Gasteiger charge is 2.15. The largest absolute Gasteiger partial charge is 0.306 e. The van der Waals surface area contributed by atoms with Crippen molar-refractivity contribution in [1.29, 1.82) is 10.5 Å². The van der Waals surface area contributed by atoms with Gasteiger partial charge in [-0.05, 0) is 0 Å². The van der Waals surface area contributed by atoms with Crippen LogP contribution < -0.4 is 0 Å². The predicted molar refractivity (Wildman–Crippen MR) is 40.3 cm³/mol. The van der Waals surface area contributed by atoms with Crippen molar-refractivity contribution in [2.75, 3.05) is 0 Å². The van der Waals surface area contributed by atoms with Crippen molar-refractivity contribution in [2.45, 2.75) is 0 Å². The van der Waals surface area contributed by atoms with E-state index < -0.39 is 10.6 Å². The molecule has 13 heavy (non-hydrogen) atoms. The van der Waals surface area contributed by atoms with E-state index in [1.165, 1.54) is 0 Å². The summed E-state index contributed by atoms with van der Waals surface area (Å²) in [6.45, 7) is 0. The second-order valence-corrected chi connectivity index (χ2v) is 2.07. The molecule has 1 heterocycles. The van der Waals surface area contributed by atoms with Crippen LogP contribution >= 0.6 is 0 Å². The smallest absolute Gasteiger partial charge is 0.258 e. The molecule has 1 aromatic rings. The lowest BCUT2D eigenvalue weighted by Crippen LogP contribution is -1.95. The molecule has 0 atom stereocenters. The number of aromatic nitrogens is 1. The quantitative estimate of drug-likeness (QED) is 0.461. The first-order valence-corrected chi connectivity index (χ1v) is 3.13. The van der Waals surface area contributed by atoms with E-state index >= 15 is 0 Å². The minimum atomic E-state index is -0.744. The predicted octanol–water partition coefficient (Wildman–Crippen LogP) is 0.733. The molecule has 1 aromatic heterocycles. The standard InChI is InChI=1S/C7H2N4O2/c8-2-5-1-7(11(12)13)6(3-9)10-4-5/h1,4H. The number of nitro groups is 1. The van der Waals surface area contributed by atoms with E-state index in [9.17, 15) is 10.1 Å². The lowest BCUT2D eigenvalue weighted by molar-refractivity contribution is -0.385. The van der Waals surface area contributed by atoms with E-state index in [-0.39, 0.29) is 11.3 Å². The summed E-state index contributed by atoms with van der Waals surface area (Å²) in [6.07, 6.45) is 1.12. The van der Waals surface area contributed by atoms with Gasteiger partial charge in [-0.25, -0.2) is 4.98 Å². The van der Waals surface area contributed by atoms with Gasteiger partial charge < -0.3 is 0 Å². The molecule has 0 unspecified atom stereocenters. The first-order chi connectivity index (χ1) is 6.19. The van der Waals surface area contributed by atoms with Crippen molar-refractivity contribution in [3.05, 3.63) is 33.6 Å². The Kier molecular flexibility index (Phi) is 2.18. The third-order valence-corrected chi connectivity index (χ3v) is 1.30. The fourth-order valence-electron chi connectivity index (χ4n) is 0.740. The monoisotopic (exact) mass is 174 g/mol. The Labute approximate surface area is 72.8 Å². The van der Waals surface area contributed by atoms with Crippen LogP contribution in [0.25, 0.3) is 0 Å². The van der Waals surface area contributed by atoms with Gasteiger partial charge in [0.05, 0.1) is 10.5 Å². The maximum Gasteiger partial charge on any atom is 0.306 e. The summed E-state index contributed by atoms with van der Waals surface area (Å²) in [6, 6.07) is 4.28. The van der Waals surface area contributed by atoms with E-state index in [1.807, 2.05) is 0 Å². The molecule has 0 radical (unpaired) electrons. The summed E-state index contributed by atoms with van der Waals surface area (Å²) in [7, 11) is 0. The molecule has 62 valence electrons. The van der Waals surface area contributed by atoms with Crippen molar-refractivity contribution in [2.24, 2.45) is 0 Å². The average molecular weight is 174 g/mol. The van der Waals surface area contributed by atoms with E-state index in [0.717, 1.165) is 12.3 Å². The van der Waals surface area contributed by atoms with Crippen LogP contribution in [0.5, 0.6) is 0 Å². The molecule has 6 nitrogen and oxygen atoms in total. The topological polar surface area (TPSA) is 104 Å². The number of pyridine rings is 1. The maximum absolute atomic E-state index is 10.4. The number of nitrogens with zero attached hydrogens (tertiary/aromatic N) is 4. The second-order valence-electron chi connectivity index (χ2n) is 2.07. The Morgan fingerprint density at radius 3 is 2.62 bits per heavy atom. The minimum absolute atomic E-state index is 0.0608. The van der Waals surface area contributed by atoms with Gasteiger partial charge in [-0.15, -0.1) is 0 Å². The van der Waals surface area contributed by atoms with Crippen LogP contribution in [0, 0.1) is 32.8 Å². The van der Waals surface area contributed by atoms with Crippen LogP contribution in [-0.4, -0.2) is 9.91 Å². The normalized spacial score (nSPS) is 8.46. The van der Waals surface area contributed by atoms with Crippen LogP contribution in [0.3, 0.4) is 0 Å². The average Bonchev–Trinajstić information content (AvgIpc) is 2.16. The maximum atomic E-state index is 10.4. The highest BCUT2D eigenvalue weighted by Crippen LogP contribution is 2.15. The highest BCUT2D eigenvalue weighted by molar-refractivity contribution is 5.47. The molecule has 0 saturated carbocycles. The molecule has 1 rings (SSSR count). The van der Waals surface area contributed by atoms with Gasteiger partial charge >= 0.3 is 5.69 Å². The Balaban J connectivity index is 3.39. The Bertz CT molecular complexity index is 441. The molecular formula is C7H2N4O2. The van der Waals surface area contributed by atoms with Crippen molar-refractivity contribution in [1.82, 2.24) is 4.98 Å². The lowest BCUT2D eigenvalue weighted by Gasteiger charge is -1.92. The van der Waals surface area contributed by atoms with Gasteiger partial charge in [0.2, 0.25) is 5.69 Å². The van der Waals surface area contributed by atoms with Gasteiger partial charge in [-0.2, -0.15) is 10.5 Å². The summed E-state index contributed by atoms with van der Waals surface area (Å²) in [5.74, 6) is 0. The third-order valence-electron chi connectivity index (χ3n) is 1.30.